The summed E-state index contributed by atoms with van der Waals surface area (Å²) in [5.41, 5.74) is 1.52. The van der Waals surface area contributed by atoms with E-state index in [1.54, 1.807) is 42.5 Å². The molecule has 0 saturated heterocycles. The summed E-state index contributed by atoms with van der Waals surface area (Å²) in [6, 6.07) is 19.0. The fourth-order valence-electron chi connectivity index (χ4n) is 2.86. The highest BCUT2D eigenvalue weighted by molar-refractivity contribution is 5.92. The summed E-state index contributed by atoms with van der Waals surface area (Å²) in [4.78, 5) is 44.3. The summed E-state index contributed by atoms with van der Waals surface area (Å²) in [5, 5.41) is 11.5. The van der Waals surface area contributed by atoms with Crippen molar-refractivity contribution in [3.63, 3.8) is 0 Å². The number of nitro benzene ring substituents is 1. The smallest absolute Gasteiger partial charge is 0.386 e. The number of rotatable bonds is 8. The summed E-state index contributed by atoms with van der Waals surface area (Å²) < 4.78 is 5.63. The summed E-state index contributed by atoms with van der Waals surface area (Å²) in [5.74, 6) is -1.14. The summed E-state index contributed by atoms with van der Waals surface area (Å²) >= 11 is 0. The SMILES string of the molecule is CCC(C)COc1ccc(-c2ccc(C(=O)OOC(=O)c3ccccc3)cc2)cc1[N+](=O)[O-]. The first kappa shape index (κ1) is 23.5. The predicted octanol–water partition coefficient (Wildman–Crippen LogP) is 5.62. The molecule has 0 saturated carbocycles. The first-order valence-corrected chi connectivity index (χ1v) is 10.4. The molecule has 0 bridgehead atoms. The van der Waals surface area contributed by atoms with Gasteiger partial charge in [-0.3, -0.25) is 10.1 Å². The largest absolute Gasteiger partial charge is 0.487 e. The van der Waals surface area contributed by atoms with Gasteiger partial charge < -0.3 is 4.74 Å². The lowest BCUT2D eigenvalue weighted by Crippen LogP contribution is -2.11. The van der Waals surface area contributed by atoms with Gasteiger partial charge in [-0.05, 0) is 47.4 Å². The van der Waals surface area contributed by atoms with Crippen molar-refractivity contribution in [2.24, 2.45) is 5.92 Å². The lowest BCUT2D eigenvalue weighted by atomic mass is 10.0. The number of nitro groups is 1. The lowest BCUT2D eigenvalue weighted by molar-refractivity contribution is -0.385. The zero-order chi connectivity index (χ0) is 23.8. The van der Waals surface area contributed by atoms with Crippen LogP contribution in [0.15, 0.2) is 72.8 Å². The third-order valence-corrected chi connectivity index (χ3v) is 5.03. The molecular formula is C25H23NO7. The van der Waals surface area contributed by atoms with Crippen molar-refractivity contribution in [2.45, 2.75) is 20.3 Å². The van der Waals surface area contributed by atoms with Crippen molar-refractivity contribution in [2.75, 3.05) is 6.61 Å². The Morgan fingerprint density at radius 1 is 0.879 bits per heavy atom. The van der Waals surface area contributed by atoms with Gasteiger partial charge in [0.1, 0.15) is 0 Å². The van der Waals surface area contributed by atoms with Crippen LogP contribution in [0, 0.1) is 16.0 Å². The molecule has 3 rings (SSSR count). The summed E-state index contributed by atoms with van der Waals surface area (Å²) in [6.45, 7) is 4.43. The Balaban J connectivity index is 1.68. The van der Waals surface area contributed by atoms with E-state index in [0.29, 0.717) is 17.7 Å². The molecule has 0 aliphatic rings. The minimum atomic E-state index is -0.842. The molecular weight excluding hydrogens is 426 g/mol. The van der Waals surface area contributed by atoms with Gasteiger partial charge in [-0.15, -0.1) is 0 Å². The molecule has 1 atom stereocenters. The van der Waals surface area contributed by atoms with E-state index in [-0.39, 0.29) is 28.5 Å². The Morgan fingerprint density at radius 3 is 2.03 bits per heavy atom. The van der Waals surface area contributed by atoms with E-state index >= 15 is 0 Å². The Labute approximate surface area is 190 Å². The highest BCUT2D eigenvalue weighted by atomic mass is 17.2. The molecule has 0 N–H and O–H groups in total. The molecule has 0 spiro atoms. The van der Waals surface area contributed by atoms with Gasteiger partial charge in [-0.25, -0.2) is 19.4 Å². The number of nitrogens with zero attached hydrogens (tertiary/aromatic N) is 1. The van der Waals surface area contributed by atoms with Gasteiger partial charge >= 0.3 is 17.6 Å². The van der Waals surface area contributed by atoms with Crippen molar-refractivity contribution in [1.82, 2.24) is 0 Å². The van der Waals surface area contributed by atoms with E-state index in [1.165, 1.54) is 30.3 Å². The number of hydrogen-bond donors (Lipinski definition) is 0. The lowest BCUT2D eigenvalue weighted by Gasteiger charge is -2.12. The second-order valence-corrected chi connectivity index (χ2v) is 7.45. The van der Waals surface area contributed by atoms with Gasteiger partial charge in [0.2, 0.25) is 0 Å². The van der Waals surface area contributed by atoms with Crippen LogP contribution < -0.4 is 4.74 Å². The maximum absolute atomic E-state index is 12.2. The average molecular weight is 449 g/mol. The minimum Gasteiger partial charge on any atom is -0.487 e. The Morgan fingerprint density at radius 2 is 1.45 bits per heavy atom. The van der Waals surface area contributed by atoms with E-state index in [9.17, 15) is 19.7 Å². The van der Waals surface area contributed by atoms with Crippen LogP contribution in [0.1, 0.15) is 41.0 Å². The van der Waals surface area contributed by atoms with Gasteiger partial charge in [0, 0.05) is 6.07 Å². The van der Waals surface area contributed by atoms with Gasteiger partial charge in [0.05, 0.1) is 22.7 Å². The standard InChI is InChI=1S/C25H23NO7/c1-3-17(2)16-31-23-14-13-21(15-22(23)26(29)30)18-9-11-20(12-10-18)25(28)33-32-24(27)19-7-5-4-6-8-19/h4-15,17H,3,16H2,1-2H3. The highest BCUT2D eigenvalue weighted by Crippen LogP contribution is 2.33. The van der Waals surface area contributed by atoms with Crippen LogP contribution in [0.3, 0.4) is 0 Å². The van der Waals surface area contributed by atoms with Crippen LogP contribution in [-0.4, -0.2) is 23.5 Å². The van der Waals surface area contributed by atoms with Gasteiger partial charge in [0.15, 0.2) is 5.75 Å². The molecule has 1 unspecified atom stereocenters. The molecule has 8 heteroatoms. The molecule has 0 aromatic heterocycles. The van der Waals surface area contributed by atoms with Crippen LogP contribution in [0.4, 0.5) is 5.69 Å². The van der Waals surface area contributed by atoms with Gasteiger partial charge in [0.25, 0.3) is 0 Å². The van der Waals surface area contributed by atoms with E-state index < -0.39 is 16.9 Å². The normalized spacial score (nSPS) is 11.3. The van der Waals surface area contributed by atoms with E-state index in [2.05, 4.69) is 9.78 Å². The van der Waals surface area contributed by atoms with Crippen LogP contribution in [-0.2, 0) is 9.78 Å². The highest BCUT2D eigenvalue weighted by Gasteiger charge is 2.18. The third-order valence-electron chi connectivity index (χ3n) is 5.03. The van der Waals surface area contributed by atoms with Crippen LogP contribution in [0.25, 0.3) is 11.1 Å². The minimum absolute atomic E-state index is 0.132. The van der Waals surface area contributed by atoms with Crippen molar-refractivity contribution >= 4 is 17.6 Å². The Hall–Kier alpha value is -4.20. The van der Waals surface area contributed by atoms with Gasteiger partial charge in [-0.1, -0.05) is 56.7 Å². The number of hydrogen-bond acceptors (Lipinski definition) is 7. The molecule has 3 aromatic carbocycles. The van der Waals surface area contributed by atoms with Crippen molar-refractivity contribution in [3.05, 3.63) is 94.0 Å². The number of carbonyl (C=O) groups excluding carboxylic acids is 2. The zero-order valence-corrected chi connectivity index (χ0v) is 18.2. The second-order valence-electron chi connectivity index (χ2n) is 7.45. The fraction of sp³-hybridized carbons (Fsp3) is 0.200. The Kier molecular flexibility index (Phi) is 7.75. The fourth-order valence-corrected chi connectivity index (χ4v) is 2.86. The molecule has 0 heterocycles. The second kappa shape index (κ2) is 10.9. The maximum atomic E-state index is 12.2. The van der Waals surface area contributed by atoms with Crippen molar-refractivity contribution < 1.29 is 29.0 Å². The molecule has 33 heavy (non-hydrogen) atoms. The van der Waals surface area contributed by atoms with Crippen molar-refractivity contribution in [3.8, 4) is 16.9 Å². The Bertz CT molecular complexity index is 1130. The maximum Gasteiger partial charge on any atom is 0.386 e. The molecule has 0 radical (unpaired) electrons. The topological polar surface area (TPSA) is 105 Å². The quantitative estimate of drug-likeness (QED) is 0.250. The number of carbonyl (C=O) groups is 2. The number of ether oxygens (including phenoxy) is 1. The molecule has 0 aliphatic carbocycles. The van der Waals surface area contributed by atoms with Crippen LogP contribution in [0.2, 0.25) is 0 Å². The molecule has 8 nitrogen and oxygen atoms in total. The van der Waals surface area contributed by atoms with Crippen LogP contribution in [0.5, 0.6) is 5.75 Å². The molecule has 0 fully saturated rings. The summed E-state index contributed by atoms with van der Waals surface area (Å²) in [7, 11) is 0. The molecule has 170 valence electrons. The molecule has 0 amide bonds. The number of benzene rings is 3. The van der Waals surface area contributed by atoms with E-state index in [0.717, 1.165) is 6.42 Å². The van der Waals surface area contributed by atoms with Crippen LogP contribution >= 0.6 is 0 Å². The predicted molar refractivity (Wildman–Crippen MR) is 121 cm³/mol. The zero-order valence-electron chi connectivity index (χ0n) is 18.2. The van der Waals surface area contributed by atoms with E-state index in [1.807, 2.05) is 13.8 Å². The first-order chi connectivity index (χ1) is 15.9. The molecule has 3 aromatic rings. The summed E-state index contributed by atoms with van der Waals surface area (Å²) in [6.07, 6.45) is 0.909. The van der Waals surface area contributed by atoms with E-state index in [4.69, 9.17) is 4.74 Å². The first-order valence-electron chi connectivity index (χ1n) is 10.4. The average Bonchev–Trinajstić information content (AvgIpc) is 2.86. The van der Waals surface area contributed by atoms with Gasteiger partial charge in [-0.2, -0.15) is 0 Å². The molecule has 0 aliphatic heterocycles. The van der Waals surface area contributed by atoms with Crippen molar-refractivity contribution in [1.29, 1.82) is 0 Å². The monoisotopic (exact) mass is 449 g/mol. The third kappa shape index (κ3) is 6.16.